The summed E-state index contributed by atoms with van der Waals surface area (Å²) in [7, 11) is 1.68. The standard InChI is InChI=1S/C23H21N3OS/c1-27-20-10-8-18(9-11-20)21(22-15-28-23(24)26-22)13-16-4-6-17(7-5-16)19-3-2-12-25-14-19/h2-12,14-15,21H,13H2,1H3,(H2,24,26)/p+1/t21-/m0/s1. The number of pyridine rings is 1. The maximum absolute atomic E-state index is 5.95. The Labute approximate surface area is 168 Å². The number of nitrogen functional groups attached to an aromatic ring is 1. The predicted octanol–water partition coefficient (Wildman–Crippen LogP) is 4.59. The Morgan fingerprint density at radius 1 is 1.04 bits per heavy atom. The van der Waals surface area contributed by atoms with Crippen molar-refractivity contribution in [3.05, 3.63) is 95.3 Å². The summed E-state index contributed by atoms with van der Waals surface area (Å²) in [5, 5.41) is 2.83. The second kappa shape index (κ2) is 8.23. The van der Waals surface area contributed by atoms with E-state index in [2.05, 4.69) is 57.8 Å². The first-order chi connectivity index (χ1) is 13.7. The molecule has 0 radical (unpaired) electrons. The fourth-order valence-corrected chi connectivity index (χ4v) is 4.00. The quantitative estimate of drug-likeness (QED) is 0.525. The van der Waals surface area contributed by atoms with E-state index in [-0.39, 0.29) is 5.92 Å². The van der Waals surface area contributed by atoms with Gasteiger partial charge in [0, 0.05) is 17.8 Å². The summed E-state index contributed by atoms with van der Waals surface area (Å²) in [6.07, 6.45) is 4.56. The average molecular weight is 389 g/mol. The third-order valence-corrected chi connectivity index (χ3v) is 5.59. The van der Waals surface area contributed by atoms with Crippen LogP contribution in [-0.2, 0) is 6.42 Å². The third-order valence-electron chi connectivity index (χ3n) is 4.86. The number of aromatic amines is 1. The van der Waals surface area contributed by atoms with E-state index in [0.29, 0.717) is 0 Å². The summed E-state index contributed by atoms with van der Waals surface area (Å²) in [6, 6.07) is 21.0. The molecule has 0 bridgehead atoms. The van der Waals surface area contributed by atoms with Gasteiger partial charge >= 0.3 is 5.13 Å². The lowest BCUT2D eigenvalue weighted by atomic mass is 9.89. The van der Waals surface area contributed by atoms with Crippen LogP contribution in [-0.4, -0.2) is 12.1 Å². The van der Waals surface area contributed by atoms with Gasteiger partial charge in [-0.05, 0) is 46.9 Å². The monoisotopic (exact) mass is 388 g/mol. The fourth-order valence-electron chi connectivity index (χ4n) is 3.34. The van der Waals surface area contributed by atoms with Gasteiger partial charge in [0.15, 0.2) is 0 Å². The molecule has 28 heavy (non-hydrogen) atoms. The van der Waals surface area contributed by atoms with E-state index >= 15 is 0 Å². The summed E-state index contributed by atoms with van der Waals surface area (Å²) in [6.45, 7) is 0. The van der Waals surface area contributed by atoms with Gasteiger partial charge in [0.1, 0.15) is 11.4 Å². The van der Waals surface area contributed by atoms with Crippen molar-refractivity contribution in [2.24, 2.45) is 0 Å². The minimum atomic E-state index is 0.198. The number of methoxy groups -OCH3 is 1. The average Bonchev–Trinajstić information content (AvgIpc) is 3.19. The van der Waals surface area contributed by atoms with Crippen LogP contribution in [0, 0.1) is 0 Å². The molecule has 0 aliphatic rings. The second-order valence-corrected chi connectivity index (χ2v) is 7.56. The molecule has 2 aromatic heterocycles. The maximum atomic E-state index is 5.95. The highest BCUT2D eigenvalue weighted by Crippen LogP contribution is 2.30. The highest BCUT2D eigenvalue weighted by atomic mass is 32.1. The van der Waals surface area contributed by atoms with Gasteiger partial charge in [0.25, 0.3) is 0 Å². The molecule has 4 aromatic rings. The molecule has 0 fully saturated rings. The highest BCUT2D eigenvalue weighted by Gasteiger charge is 2.20. The number of nitrogens with zero attached hydrogens (tertiary/aromatic N) is 1. The minimum absolute atomic E-state index is 0.198. The molecule has 1 atom stereocenters. The Kier molecular flexibility index (Phi) is 5.35. The Bertz CT molecular complexity index is 1030. The number of H-pyrrole nitrogens is 1. The van der Waals surface area contributed by atoms with Gasteiger partial charge in [-0.2, -0.15) is 0 Å². The summed E-state index contributed by atoms with van der Waals surface area (Å²) in [5.74, 6) is 1.06. The number of aromatic nitrogens is 2. The molecular formula is C23H22N3OS+. The van der Waals surface area contributed by atoms with E-state index in [1.54, 1.807) is 13.3 Å². The molecule has 2 heterocycles. The van der Waals surface area contributed by atoms with Crippen LogP contribution >= 0.6 is 11.3 Å². The molecule has 0 aliphatic carbocycles. The first-order valence-corrected chi connectivity index (χ1v) is 10.0. The van der Waals surface area contributed by atoms with Crippen LogP contribution in [0.5, 0.6) is 5.75 Å². The van der Waals surface area contributed by atoms with Gasteiger partial charge in [-0.15, -0.1) is 0 Å². The summed E-state index contributed by atoms with van der Waals surface area (Å²) >= 11 is 1.54. The van der Waals surface area contributed by atoms with Crippen molar-refractivity contribution in [3.8, 4) is 16.9 Å². The minimum Gasteiger partial charge on any atom is -0.497 e. The lowest BCUT2D eigenvalue weighted by molar-refractivity contribution is -0.368. The SMILES string of the molecule is COc1ccc([C@H](Cc2ccc(-c3cccnc3)cc2)c2csc(N)[nH+]2)cc1. The van der Waals surface area contributed by atoms with Gasteiger partial charge in [0.2, 0.25) is 0 Å². The molecule has 5 heteroatoms. The molecule has 0 amide bonds. The van der Waals surface area contributed by atoms with E-state index in [9.17, 15) is 0 Å². The van der Waals surface area contributed by atoms with Crippen molar-refractivity contribution in [3.63, 3.8) is 0 Å². The Hall–Kier alpha value is -3.18. The van der Waals surface area contributed by atoms with E-state index in [4.69, 9.17) is 10.5 Å². The first kappa shape index (κ1) is 18.2. The summed E-state index contributed by atoms with van der Waals surface area (Å²) < 4.78 is 5.30. The van der Waals surface area contributed by atoms with Gasteiger partial charge in [-0.1, -0.05) is 53.8 Å². The molecule has 4 rings (SSSR count). The Balaban J connectivity index is 1.62. The topological polar surface area (TPSA) is 62.3 Å². The third kappa shape index (κ3) is 4.05. The zero-order valence-electron chi connectivity index (χ0n) is 15.6. The lowest BCUT2D eigenvalue weighted by Gasteiger charge is -2.15. The summed E-state index contributed by atoms with van der Waals surface area (Å²) in [4.78, 5) is 7.52. The van der Waals surface area contributed by atoms with Crippen molar-refractivity contribution in [1.82, 2.24) is 4.98 Å². The number of hydrogen-bond donors (Lipinski definition) is 1. The lowest BCUT2D eigenvalue weighted by Crippen LogP contribution is -2.17. The molecule has 0 aliphatic heterocycles. The largest absolute Gasteiger partial charge is 0.497 e. The zero-order chi connectivity index (χ0) is 19.3. The normalized spacial score (nSPS) is 11.9. The van der Waals surface area contributed by atoms with Crippen molar-refractivity contribution < 1.29 is 9.72 Å². The van der Waals surface area contributed by atoms with E-state index in [0.717, 1.165) is 28.6 Å². The number of thiazole rings is 1. The van der Waals surface area contributed by atoms with Crippen LogP contribution in [0.15, 0.2) is 78.4 Å². The maximum Gasteiger partial charge on any atom is 0.329 e. The van der Waals surface area contributed by atoms with Crippen LogP contribution in [0.2, 0.25) is 0 Å². The molecule has 140 valence electrons. The molecule has 3 N–H and O–H groups in total. The molecule has 0 unspecified atom stereocenters. The van der Waals surface area contributed by atoms with Crippen molar-refractivity contribution in [2.75, 3.05) is 12.8 Å². The molecule has 2 aromatic carbocycles. The zero-order valence-corrected chi connectivity index (χ0v) is 16.4. The van der Waals surface area contributed by atoms with Crippen LogP contribution in [0.1, 0.15) is 22.7 Å². The van der Waals surface area contributed by atoms with Crippen molar-refractivity contribution in [1.29, 1.82) is 0 Å². The number of ether oxygens (including phenoxy) is 1. The van der Waals surface area contributed by atoms with Gasteiger partial charge in [-0.3, -0.25) is 10.7 Å². The number of benzene rings is 2. The smallest absolute Gasteiger partial charge is 0.329 e. The number of hydrogen-bond acceptors (Lipinski definition) is 4. The molecular weight excluding hydrogens is 366 g/mol. The van der Waals surface area contributed by atoms with E-state index in [1.165, 1.54) is 28.0 Å². The fraction of sp³-hybridized carbons (Fsp3) is 0.130. The summed E-state index contributed by atoms with van der Waals surface area (Å²) in [5.41, 5.74) is 11.9. The van der Waals surface area contributed by atoms with Gasteiger partial charge < -0.3 is 4.74 Å². The van der Waals surface area contributed by atoms with Crippen LogP contribution in [0.3, 0.4) is 0 Å². The molecule has 0 spiro atoms. The van der Waals surface area contributed by atoms with Crippen LogP contribution in [0.25, 0.3) is 11.1 Å². The van der Waals surface area contributed by atoms with E-state index < -0.39 is 0 Å². The second-order valence-electron chi connectivity index (χ2n) is 6.65. The highest BCUT2D eigenvalue weighted by molar-refractivity contribution is 7.13. The van der Waals surface area contributed by atoms with Gasteiger partial charge in [-0.25, -0.2) is 4.98 Å². The number of nitrogens with two attached hydrogens (primary N) is 1. The van der Waals surface area contributed by atoms with Crippen LogP contribution in [0.4, 0.5) is 5.13 Å². The Morgan fingerprint density at radius 3 is 2.43 bits per heavy atom. The molecule has 0 saturated heterocycles. The molecule has 4 nitrogen and oxygen atoms in total. The van der Waals surface area contributed by atoms with Gasteiger partial charge in [0.05, 0.1) is 13.0 Å². The predicted molar refractivity (Wildman–Crippen MR) is 114 cm³/mol. The number of anilines is 1. The van der Waals surface area contributed by atoms with E-state index in [1.807, 2.05) is 24.4 Å². The first-order valence-electron chi connectivity index (χ1n) is 9.12. The number of nitrogens with one attached hydrogen (secondary N) is 1. The van der Waals surface area contributed by atoms with Crippen molar-refractivity contribution >= 4 is 16.5 Å². The Morgan fingerprint density at radius 2 is 1.82 bits per heavy atom. The number of rotatable bonds is 6. The van der Waals surface area contributed by atoms with Crippen molar-refractivity contribution in [2.45, 2.75) is 12.3 Å². The van der Waals surface area contributed by atoms with Crippen LogP contribution < -0.4 is 15.5 Å². The molecule has 0 saturated carbocycles.